The van der Waals surface area contributed by atoms with Crippen LogP contribution >= 0.6 is 0 Å². The third kappa shape index (κ3) is 4.99. The average Bonchev–Trinajstić information content (AvgIpc) is 3.23. The maximum absolute atomic E-state index is 14.2. The Bertz CT molecular complexity index is 1230. The van der Waals surface area contributed by atoms with Gasteiger partial charge >= 0.3 is 0 Å². The number of hydrogen-bond donors (Lipinski definition) is 4. The predicted molar refractivity (Wildman–Crippen MR) is 130 cm³/mol. The standard InChI is InChI=1S/C27H29FN4O2/c1-17-12-18(9-11-31-17)25(30)22-13-19(6-7-24(22)29)26(34)32-21-8-10-27(15-21,16-33)14-20-4-2-3-5-23(20)28/h2-7,9,11-13,21,30,33H,8,10,14-16,29H2,1H3,(H,32,34). The van der Waals surface area contributed by atoms with E-state index in [0.29, 0.717) is 53.6 Å². The van der Waals surface area contributed by atoms with Crippen molar-refractivity contribution in [3.63, 3.8) is 0 Å². The van der Waals surface area contributed by atoms with E-state index in [4.69, 9.17) is 11.1 Å². The van der Waals surface area contributed by atoms with Gasteiger partial charge < -0.3 is 16.2 Å². The van der Waals surface area contributed by atoms with Crippen LogP contribution in [0.15, 0.2) is 60.8 Å². The van der Waals surface area contributed by atoms with Gasteiger partial charge in [-0.3, -0.25) is 15.2 Å². The zero-order valence-electron chi connectivity index (χ0n) is 19.1. The summed E-state index contributed by atoms with van der Waals surface area (Å²) >= 11 is 0. The first kappa shape index (κ1) is 23.6. The molecular formula is C27H29FN4O2. The number of aromatic nitrogens is 1. The topological polar surface area (TPSA) is 112 Å². The van der Waals surface area contributed by atoms with E-state index in [1.54, 1.807) is 54.7 Å². The summed E-state index contributed by atoms with van der Waals surface area (Å²) in [4.78, 5) is 17.2. The maximum atomic E-state index is 14.2. The maximum Gasteiger partial charge on any atom is 0.251 e. The highest BCUT2D eigenvalue weighted by Crippen LogP contribution is 2.41. The Kier molecular flexibility index (Phi) is 6.75. The first-order valence-corrected chi connectivity index (χ1v) is 11.4. The number of aryl methyl sites for hydroxylation is 1. The molecule has 176 valence electrons. The fraction of sp³-hybridized carbons (Fsp3) is 0.296. The van der Waals surface area contributed by atoms with E-state index in [9.17, 15) is 14.3 Å². The van der Waals surface area contributed by atoms with Crippen molar-refractivity contribution >= 4 is 17.3 Å². The molecule has 1 fully saturated rings. The number of aliphatic hydroxyl groups is 1. The van der Waals surface area contributed by atoms with E-state index in [1.165, 1.54) is 6.07 Å². The SMILES string of the molecule is Cc1cc(C(=N)c2cc(C(=O)NC3CCC(CO)(Cc4ccccc4F)C3)ccc2N)ccn1. The molecule has 1 heterocycles. The molecule has 1 aromatic heterocycles. The number of nitrogen functional groups attached to an aromatic ring is 1. The van der Waals surface area contributed by atoms with Crippen molar-refractivity contribution in [1.29, 1.82) is 5.41 Å². The minimum absolute atomic E-state index is 0.0672. The van der Waals surface area contributed by atoms with Gasteiger partial charge in [-0.05, 0) is 80.0 Å². The molecular weight excluding hydrogens is 431 g/mol. The summed E-state index contributed by atoms with van der Waals surface area (Å²) in [5, 5.41) is 21.7. The first-order chi connectivity index (χ1) is 16.3. The molecule has 5 N–H and O–H groups in total. The molecule has 4 rings (SSSR count). The molecule has 3 aromatic rings. The molecule has 1 amide bonds. The summed E-state index contributed by atoms with van der Waals surface area (Å²) in [6.45, 7) is 1.78. The molecule has 34 heavy (non-hydrogen) atoms. The molecule has 0 saturated heterocycles. The van der Waals surface area contributed by atoms with E-state index >= 15 is 0 Å². The molecule has 1 aliphatic carbocycles. The highest BCUT2D eigenvalue weighted by atomic mass is 19.1. The number of nitrogens with one attached hydrogen (secondary N) is 2. The monoisotopic (exact) mass is 460 g/mol. The van der Waals surface area contributed by atoms with Crippen molar-refractivity contribution in [2.75, 3.05) is 12.3 Å². The van der Waals surface area contributed by atoms with Crippen molar-refractivity contribution in [1.82, 2.24) is 10.3 Å². The Morgan fingerprint density at radius 2 is 2.03 bits per heavy atom. The number of amides is 1. The summed E-state index contributed by atoms with van der Waals surface area (Å²) in [5.74, 6) is -0.534. The van der Waals surface area contributed by atoms with Gasteiger partial charge in [0.05, 0.1) is 5.71 Å². The van der Waals surface area contributed by atoms with Gasteiger partial charge in [0, 0.05) is 46.9 Å². The fourth-order valence-electron chi connectivity index (χ4n) is 4.78. The van der Waals surface area contributed by atoms with Crippen LogP contribution in [0.1, 0.15) is 52.0 Å². The molecule has 0 spiro atoms. The van der Waals surface area contributed by atoms with Crippen LogP contribution < -0.4 is 11.1 Å². The lowest BCUT2D eigenvalue weighted by Gasteiger charge is -2.27. The molecule has 2 atom stereocenters. The lowest BCUT2D eigenvalue weighted by Crippen LogP contribution is -2.35. The summed E-state index contributed by atoms with van der Waals surface area (Å²) in [5.41, 5.74) is 9.24. The second-order valence-corrected chi connectivity index (χ2v) is 9.20. The number of carbonyl (C=O) groups is 1. The number of benzene rings is 2. The van der Waals surface area contributed by atoms with Gasteiger partial charge in [-0.2, -0.15) is 0 Å². The van der Waals surface area contributed by atoms with Crippen LogP contribution in [0.5, 0.6) is 0 Å². The summed E-state index contributed by atoms with van der Waals surface area (Å²) in [6.07, 6.45) is 4.03. The Balaban J connectivity index is 1.47. The zero-order valence-corrected chi connectivity index (χ0v) is 19.1. The minimum atomic E-state index is -0.465. The van der Waals surface area contributed by atoms with Gasteiger partial charge in [-0.1, -0.05) is 18.2 Å². The molecule has 7 heteroatoms. The van der Waals surface area contributed by atoms with Crippen molar-refractivity contribution in [2.45, 2.75) is 38.6 Å². The third-order valence-corrected chi connectivity index (χ3v) is 6.67. The van der Waals surface area contributed by atoms with Crippen molar-refractivity contribution in [3.8, 4) is 0 Å². The fourth-order valence-corrected chi connectivity index (χ4v) is 4.78. The van der Waals surface area contributed by atoms with Crippen LogP contribution in [0.25, 0.3) is 0 Å². The van der Waals surface area contributed by atoms with E-state index < -0.39 is 5.41 Å². The lowest BCUT2D eigenvalue weighted by atomic mass is 9.80. The predicted octanol–water partition coefficient (Wildman–Crippen LogP) is 4.03. The molecule has 0 aliphatic heterocycles. The summed E-state index contributed by atoms with van der Waals surface area (Å²) in [7, 11) is 0. The molecule has 0 bridgehead atoms. The number of pyridine rings is 1. The molecule has 2 unspecified atom stereocenters. The summed E-state index contributed by atoms with van der Waals surface area (Å²) in [6, 6.07) is 14.9. The Hall–Kier alpha value is -3.58. The molecule has 0 radical (unpaired) electrons. The van der Waals surface area contributed by atoms with Crippen molar-refractivity contribution in [3.05, 3.63) is 94.6 Å². The zero-order chi connectivity index (χ0) is 24.3. The normalized spacial score (nSPS) is 19.7. The average molecular weight is 461 g/mol. The number of anilines is 1. The van der Waals surface area contributed by atoms with E-state index in [0.717, 1.165) is 5.69 Å². The number of halogens is 1. The third-order valence-electron chi connectivity index (χ3n) is 6.67. The number of nitrogens with zero attached hydrogens (tertiary/aromatic N) is 1. The number of aliphatic hydroxyl groups excluding tert-OH is 1. The first-order valence-electron chi connectivity index (χ1n) is 11.4. The van der Waals surface area contributed by atoms with Crippen LogP contribution in [0.2, 0.25) is 0 Å². The second-order valence-electron chi connectivity index (χ2n) is 9.20. The van der Waals surface area contributed by atoms with E-state index in [2.05, 4.69) is 10.3 Å². The Labute approximate surface area is 198 Å². The highest BCUT2D eigenvalue weighted by Gasteiger charge is 2.40. The summed E-state index contributed by atoms with van der Waals surface area (Å²) < 4.78 is 14.2. The van der Waals surface area contributed by atoms with Gasteiger partial charge in [0.1, 0.15) is 5.82 Å². The largest absolute Gasteiger partial charge is 0.398 e. The number of hydrogen-bond acceptors (Lipinski definition) is 5. The van der Waals surface area contributed by atoms with Crippen LogP contribution in [-0.4, -0.2) is 34.4 Å². The smallest absolute Gasteiger partial charge is 0.251 e. The van der Waals surface area contributed by atoms with E-state index in [1.807, 2.05) is 6.92 Å². The van der Waals surface area contributed by atoms with Crippen molar-refractivity contribution in [2.24, 2.45) is 5.41 Å². The quantitative estimate of drug-likeness (QED) is 0.315. The van der Waals surface area contributed by atoms with Crippen molar-refractivity contribution < 1.29 is 14.3 Å². The van der Waals surface area contributed by atoms with Crippen LogP contribution in [0, 0.1) is 23.6 Å². The van der Waals surface area contributed by atoms with Gasteiger partial charge in [-0.25, -0.2) is 4.39 Å². The van der Waals surface area contributed by atoms with Crippen LogP contribution in [-0.2, 0) is 6.42 Å². The van der Waals surface area contributed by atoms with E-state index in [-0.39, 0.29) is 30.1 Å². The Morgan fingerprint density at radius 1 is 1.24 bits per heavy atom. The lowest BCUT2D eigenvalue weighted by molar-refractivity contribution is 0.0923. The number of rotatable bonds is 7. The van der Waals surface area contributed by atoms with Crippen LogP contribution in [0.3, 0.4) is 0 Å². The van der Waals surface area contributed by atoms with Crippen LogP contribution in [0.4, 0.5) is 10.1 Å². The van der Waals surface area contributed by atoms with Gasteiger partial charge in [0.25, 0.3) is 5.91 Å². The molecule has 1 saturated carbocycles. The second kappa shape index (κ2) is 9.73. The number of carbonyl (C=O) groups excluding carboxylic acids is 1. The number of nitrogens with two attached hydrogens (primary N) is 1. The molecule has 1 aliphatic rings. The molecule has 6 nitrogen and oxygen atoms in total. The molecule has 2 aromatic carbocycles. The van der Waals surface area contributed by atoms with Gasteiger partial charge in [-0.15, -0.1) is 0 Å². The minimum Gasteiger partial charge on any atom is -0.398 e. The Morgan fingerprint density at radius 3 is 2.76 bits per heavy atom. The van der Waals surface area contributed by atoms with Gasteiger partial charge in [0.2, 0.25) is 0 Å². The highest BCUT2D eigenvalue weighted by molar-refractivity contribution is 6.14. The van der Waals surface area contributed by atoms with Gasteiger partial charge in [0.15, 0.2) is 0 Å².